The molecule has 5 rings (SSSR count). The molecule has 0 radical (unpaired) electrons. The molecule has 0 spiro atoms. The zero-order valence-electron chi connectivity index (χ0n) is 18.6. The molecule has 8 nitrogen and oxygen atoms in total. The van der Waals surface area contributed by atoms with Gasteiger partial charge in [0.2, 0.25) is 0 Å². The van der Waals surface area contributed by atoms with E-state index in [1.807, 2.05) is 61.1 Å². The SMILES string of the molecule is Cc1cc(-c2cc(C(=O)NCCc3ccc(-n4cccn4)cc3)c3c(C)noc3n2)c(C)o1. The molecule has 0 saturated heterocycles. The van der Waals surface area contributed by atoms with Crippen molar-refractivity contribution in [2.75, 3.05) is 6.54 Å². The lowest BCUT2D eigenvalue weighted by Crippen LogP contribution is -2.26. The van der Waals surface area contributed by atoms with E-state index in [0.29, 0.717) is 41.0 Å². The van der Waals surface area contributed by atoms with E-state index in [-0.39, 0.29) is 5.91 Å². The number of amides is 1. The van der Waals surface area contributed by atoms with Gasteiger partial charge in [0, 0.05) is 24.5 Å². The molecular formula is C25H23N5O3. The Hall–Kier alpha value is -4.20. The molecule has 0 aliphatic heterocycles. The second-order valence-electron chi connectivity index (χ2n) is 7.95. The molecule has 0 bridgehead atoms. The molecule has 33 heavy (non-hydrogen) atoms. The molecule has 0 saturated carbocycles. The number of furan rings is 1. The Kier molecular flexibility index (Phi) is 5.26. The first-order valence-corrected chi connectivity index (χ1v) is 10.7. The molecule has 1 N–H and O–H groups in total. The summed E-state index contributed by atoms with van der Waals surface area (Å²) in [6.07, 6.45) is 4.35. The van der Waals surface area contributed by atoms with Crippen molar-refractivity contribution in [3.63, 3.8) is 0 Å². The summed E-state index contributed by atoms with van der Waals surface area (Å²) in [4.78, 5) is 17.7. The van der Waals surface area contributed by atoms with Gasteiger partial charge in [-0.2, -0.15) is 5.10 Å². The van der Waals surface area contributed by atoms with Gasteiger partial charge in [-0.1, -0.05) is 17.3 Å². The average molecular weight is 441 g/mol. The topological polar surface area (TPSA) is 99.0 Å². The van der Waals surface area contributed by atoms with Gasteiger partial charge in [-0.05, 0) is 63.1 Å². The van der Waals surface area contributed by atoms with Crippen LogP contribution in [0.4, 0.5) is 0 Å². The number of pyridine rings is 1. The lowest BCUT2D eigenvalue weighted by atomic mass is 10.1. The minimum absolute atomic E-state index is 0.194. The van der Waals surface area contributed by atoms with Crippen molar-refractivity contribution in [3.8, 4) is 16.9 Å². The molecular weight excluding hydrogens is 418 g/mol. The highest BCUT2D eigenvalue weighted by molar-refractivity contribution is 6.07. The normalized spacial score (nSPS) is 11.2. The average Bonchev–Trinajstić information content (AvgIpc) is 3.54. The van der Waals surface area contributed by atoms with Gasteiger partial charge in [0.25, 0.3) is 11.6 Å². The summed E-state index contributed by atoms with van der Waals surface area (Å²) in [5.74, 6) is 1.32. The molecule has 0 aliphatic carbocycles. The van der Waals surface area contributed by atoms with E-state index in [4.69, 9.17) is 8.94 Å². The molecule has 0 aliphatic rings. The number of aryl methyl sites for hydroxylation is 3. The van der Waals surface area contributed by atoms with Crippen LogP contribution in [0.25, 0.3) is 28.0 Å². The highest BCUT2D eigenvalue weighted by Crippen LogP contribution is 2.30. The molecule has 166 valence electrons. The third kappa shape index (κ3) is 4.03. The zero-order valence-corrected chi connectivity index (χ0v) is 18.6. The molecule has 8 heteroatoms. The Labute approximate surface area is 190 Å². The van der Waals surface area contributed by atoms with Crippen LogP contribution in [-0.2, 0) is 6.42 Å². The fourth-order valence-corrected chi connectivity index (χ4v) is 3.95. The monoisotopic (exact) mass is 441 g/mol. The van der Waals surface area contributed by atoms with E-state index in [1.54, 1.807) is 19.2 Å². The Morgan fingerprint density at radius 1 is 1.12 bits per heavy atom. The molecule has 4 aromatic heterocycles. The van der Waals surface area contributed by atoms with Crippen molar-refractivity contribution in [1.82, 2.24) is 25.2 Å². The van der Waals surface area contributed by atoms with Gasteiger partial charge in [-0.25, -0.2) is 9.67 Å². The summed E-state index contributed by atoms with van der Waals surface area (Å²) in [6, 6.07) is 13.7. The van der Waals surface area contributed by atoms with Crippen LogP contribution in [0.1, 0.15) is 33.1 Å². The van der Waals surface area contributed by atoms with Crippen LogP contribution in [0.15, 0.2) is 63.8 Å². The summed E-state index contributed by atoms with van der Waals surface area (Å²) < 4.78 is 12.8. The Morgan fingerprint density at radius 2 is 1.94 bits per heavy atom. The Bertz CT molecular complexity index is 1430. The summed E-state index contributed by atoms with van der Waals surface area (Å²) in [7, 11) is 0. The summed E-state index contributed by atoms with van der Waals surface area (Å²) in [6.45, 7) is 6.05. The largest absolute Gasteiger partial charge is 0.466 e. The minimum Gasteiger partial charge on any atom is -0.466 e. The van der Waals surface area contributed by atoms with Gasteiger partial charge in [-0.15, -0.1) is 0 Å². The van der Waals surface area contributed by atoms with Crippen LogP contribution >= 0.6 is 0 Å². The number of nitrogens with one attached hydrogen (secondary N) is 1. The lowest BCUT2D eigenvalue weighted by Gasteiger charge is -2.09. The van der Waals surface area contributed by atoms with Gasteiger partial charge in [-0.3, -0.25) is 4.79 Å². The van der Waals surface area contributed by atoms with Crippen molar-refractivity contribution < 1.29 is 13.7 Å². The van der Waals surface area contributed by atoms with Crippen molar-refractivity contribution in [2.24, 2.45) is 0 Å². The number of carbonyl (C=O) groups excluding carboxylic acids is 1. The van der Waals surface area contributed by atoms with Crippen molar-refractivity contribution in [1.29, 1.82) is 0 Å². The first-order valence-electron chi connectivity index (χ1n) is 10.7. The zero-order chi connectivity index (χ0) is 22.9. The van der Waals surface area contributed by atoms with Gasteiger partial charge in [0.15, 0.2) is 0 Å². The van der Waals surface area contributed by atoms with Crippen molar-refractivity contribution in [2.45, 2.75) is 27.2 Å². The Balaban J connectivity index is 1.34. The summed E-state index contributed by atoms with van der Waals surface area (Å²) in [5, 5.41) is 11.9. The van der Waals surface area contributed by atoms with Gasteiger partial charge in [0.1, 0.15) is 11.5 Å². The van der Waals surface area contributed by atoms with Crippen molar-refractivity contribution >= 4 is 17.0 Å². The van der Waals surface area contributed by atoms with Crippen molar-refractivity contribution in [3.05, 3.63) is 83.2 Å². The Morgan fingerprint density at radius 3 is 2.64 bits per heavy atom. The van der Waals surface area contributed by atoms with Crippen LogP contribution in [0.2, 0.25) is 0 Å². The maximum Gasteiger partial charge on any atom is 0.259 e. The number of aromatic nitrogens is 4. The van der Waals surface area contributed by atoms with Crippen LogP contribution < -0.4 is 5.32 Å². The molecule has 4 heterocycles. The summed E-state index contributed by atoms with van der Waals surface area (Å²) >= 11 is 0. The number of carbonyl (C=O) groups is 1. The third-order valence-corrected chi connectivity index (χ3v) is 5.58. The fourth-order valence-electron chi connectivity index (χ4n) is 3.95. The molecule has 0 unspecified atom stereocenters. The van der Waals surface area contributed by atoms with Crippen LogP contribution in [0.5, 0.6) is 0 Å². The molecule has 0 atom stereocenters. The molecule has 1 aromatic carbocycles. The summed E-state index contributed by atoms with van der Waals surface area (Å²) in [5.41, 5.74) is 5.01. The number of hydrogen-bond donors (Lipinski definition) is 1. The quantitative estimate of drug-likeness (QED) is 0.415. The van der Waals surface area contributed by atoms with Gasteiger partial charge >= 0.3 is 0 Å². The van der Waals surface area contributed by atoms with E-state index < -0.39 is 0 Å². The van der Waals surface area contributed by atoms with Gasteiger partial charge < -0.3 is 14.3 Å². The first-order chi connectivity index (χ1) is 16.0. The van der Waals surface area contributed by atoms with Crippen LogP contribution in [-0.4, -0.2) is 32.4 Å². The number of benzene rings is 1. The minimum atomic E-state index is -0.194. The van der Waals surface area contributed by atoms with Crippen LogP contribution in [0, 0.1) is 20.8 Å². The predicted molar refractivity (Wildman–Crippen MR) is 123 cm³/mol. The maximum atomic E-state index is 13.1. The van der Waals surface area contributed by atoms with E-state index >= 15 is 0 Å². The van der Waals surface area contributed by atoms with E-state index in [1.165, 1.54) is 0 Å². The molecule has 5 aromatic rings. The van der Waals surface area contributed by atoms with Crippen LogP contribution in [0.3, 0.4) is 0 Å². The smallest absolute Gasteiger partial charge is 0.259 e. The lowest BCUT2D eigenvalue weighted by molar-refractivity contribution is 0.0955. The van der Waals surface area contributed by atoms with Gasteiger partial charge in [0.05, 0.1) is 28.0 Å². The third-order valence-electron chi connectivity index (χ3n) is 5.58. The highest BCUT2D eigenvalue weighted by atomic mass is 16.5. The predicted octanol–water partition coefficient (Wildman–Crippen LogP) is 4.57. The van der Waals surface area contributed by atoms with E-state index in [2.05, 4.69) is 20.6 Å². The molecule has 0 fully saturated rings. The standard InChI is InChI=1S/C25H23N5O3/c1-15-13-20(17(3)32-15)22-14-21(23-16(2)29-33-25(23)28-22)24(31)26-11-9-18-5-7-19(8-6-18)30-12-4-10-27-30/h4-8,10,12-14H,9,11H2,1-3H3,(H,26,31). The number of rotatable bonds is 6. The maximum absolute atomic E-state index is 13.1. The first kappa shape index (κ1) is 20.7. The molecule has 1 amide bonds. The number of fused-ring (bicyclic) bond motifs is 1. The van der Waals surface area contributed by atoms with E-state index in [0.717, 1.165) is 28.3 Å². The fraction of sp³-hybridized carbons (Fsp3) is 0.200. The highest BCUT2D eigenvalue weighted by Gasteiger charge is 2.20. The second-order valence-corrected chi connectivity index (χ2v) is 7.95. The second kappa shape index (κ2) is 8.38. The number of hydrogen-bond acceptors (Lipinski definition) is 6. The van der Waals surface area contributed by atoms with E-state index in [9.17, 15) is 4.79 Å². The number of nitrogens with zero attached hydrogens (tertiary/aromatic N) is 4.